The Hall–Kier alpha value is -6.31. The third-order valence-electron chi connectivity index (χ3n) is 9.59. The van der Waals surface area contributed by atoms with E-state index in [1.54, 1.807) is 12.1 Å². The van der Waals surface area contributed by atoms with E-state index in [9.17, 15) is 10.5 Å². The van der Waals surface area contributed by atoms with Gasteiger partial charge in [-0.15, -0.1) is 0 Å². The highest BCUT2D eigenvalue weighted by Gasteiger charge is 2.36. The molecule has 0 aliphatic rings. The molecular formula is C43H29F3N4. The minimum atomic E-state index is -4.79. The van der Waals surface area contributed by atoms with Gasteiger partial charge in [-0.3, -0.25) is 0 Å². The number of rotatable bonds is 3. The zero-order valence-electron chi connectivity index (χ0n) is 27.7. The van der Waals surface area contributed by atoms with Crippen molar-refractivity contribution in [1.82, 2.24) is 9.13 Å². The monoisotopic (exact) mass is 658 g/mol. The highest BCUT2D eigenvalue weighted by Crippen LogP contribution is 2.47. The first-order valence-electron chi connectivity index (χ1n) is 16.2. The third-order valence-corrected chi connectivity index (χ3v) is 9.59. The summed E-state index contributed by atoms with van der Waals surface area (Å²) in [5.41, 5.74) is 7.53. The Morgan fingerprint density at radius 3 is 1.20 bits per heavy atom. The number of hydrogen-bond acceptors (Lipinski definition) is 2. The van der Waals surface area contributed by atoms with Crippen molar-refractivity contribution in [3.63, 3.8) is 0 Å². The molecular weight excluding hydrogens is 629 g/mol. The normalized spacial score (nSPS) is 11.9. The quantitative estimate of drug-likeness (QED) is 0.190. The molecule has 8 aromatic rings. The standard InChI is InChI=1S/C43H29F3N4/c1-24-5-10-30-31-11-6-25(2)16-37(31)49(36(30)15-24)40-20-29(23-48)21-41(42(40)34-14-9-28(22-47)19-35(34)43(44,45)46)50-38-17-26(3)7-12-32(38)33-13-8-27(4)18-39(33)50/h5-21H,1-4H3. The topological polar surface area (TPSA) is 57.4 Å². The van der Waals surface area contributed by atoms with E-state index < -0.39 is 11.7 Å². The minimum absolute atomic E-state index is 0.0865. The zero-order chi connectivity index (χ0) is 35.1. The summed E-state index contributed by atoms with van der Waals surface area (Å²) < 4.78 is 49.6. The summed E-state index contributed by atoms with van der Waals surface area (Å²) in [6.07, 6.45) is -4.79. The van der Waals surface area contributed by atoms with Crippen LogP contribution in [0.5, 0.6) is 0 Å². The average molecular weight is 659 g/mol. The summed E-state index contributed by atoms with van der Waals surface area (Å²) in [4.78, 5) is 0. The van der Waals surface area contributed by atoms with Crippen molar-refractivity contribution in [2.75, 3.05) is 0 Å². The van der Waals surface area contributed by atoms with Gasteiger partial charge in [-0.2, -0.15) is 23.7 Å². The number of fused-ring (bicyclic) bond motifs is 6. The van der Waals surface area contributed by atoms with Crippen LogP contribution in [0.15, 0.2) is 103 Å². The predicted molar refractivity (Wildman–Crippen MR) is 194 cm³/mol. The maximum Gasteiger partial charge on any atom is 0.417 e. The molecule has 0 spiro atoms. The van der Waals surface area contributed by atoms with Gasteiger partial charge in [0.1, 0.15) is 0 Å². The van der Waals surface area contributed by atoms with Gasteiger partial charge in [-0.05, 0) is 104 Å². The van der Waals surface area contributed by atoms with Crippen molar-refractivity contribution < 1.29 is 13.2 Å². The number of benzene rings is 6. The molecule has 0 atom stereocenters. The van der Waals surface area contributed by atoms with Gasteiger partial charge in [0, 0.05) is 27.1 Å². The Labute approximate surface area is 286 Å². The summed E-state index contributed by atoms with van der Waals surface area (Å²) in [5, 5.41) is 24.0. The fraction of sp³-hybridized carbons (Fsp3) is 0.116. The molecule has 242 valence electrons. The highest BCUT2D eigenvalue weighted by molar-refractivity contribution is 6.12. The minimum Gasteiger partial charge on any atom is -0.308 e. The van der Waals surface area contributed by atoms with Crippen LogP contribution in [0.25, 0.3) is 66.1 Å². The first kappa shape index (κ1) is 31.0. The molecule has 0 saturated carbocycles. The Balaban J connectivity index is 1.66. The molecule has 0 fully saturated rings. The third kappa shape index (κ3) is 4.74. The van der Waals surface area contributed by atoms with E-state index >= 15 is 13.2 Å². The van der Waals surface area contributed by atoms with E-state index in [-0.39, 0.29) is 11.1 Å². The van der Waals surface area contributed by atoms with E-state index in [2.05, 4.69) is 6.07 Å². The molecule has 0 bridgehead atoms. The lowest BCUT2D eigenvalue weighted by Crippen LogP contribution is -2.11. The maximum atomic E-state index is 15.2. The lowest BCUT2D eigenvalue weighted by atomic mass is 9.92. The average Bonchev–Trinajstić information content (AvgIpc) is 3.57. The van der Waals surface area contributed by atoms with Crippen LogP contribution in [0.3, 0.4) is 0 Å². The lowest BCUT2D eigenvalue weighted by Gasteiger charge is -2.23. The van der Waals surface area contributed by atoms with E-state index in [0.717, 1.165) is 71.9 Å². The molecule has 0 N–H and O–H groups in total. The molecule has 50 heavy (non-hydrogen) atoms. The highest BCUT2D eigenvalue weighted by atomic mass is 19.4. The molecule has 7 heteroatoms. The van der Waals surface area contributed by atoms with Gasteiger partial charge < -0.3 is 9.13 Å². The van der Waals surface area contributed by atoms with Gasteiger partial charge in [0.2, 0.25) is 0 Å². The molecule has 0 radical (unpaired) electrons. The van der Waals surface area contributed by atoms with Crippen LogP contribution in [0.4, 0.5) is 13.2 Å². The Morgan fingerprint density at radius 2 is 0.860 bits per heavy atom. The van der Waals surface area contributed by atoms with Crippen LogP contribution in [0, 0.1) is 50.4 Å². The second kappa shape index (κ2) is 11.1. The first-order valence-corrected chi connectivity index (χ1v) is 16.2. The molecule has 0 aliphatic heterocycles. The van der Waals surface area contributed by atoms with Crippen molar-refractivity contribution in [3.05, 3.63) is 142 Å². The fourth-order valence-corrected chi connectivity index (χ4v) is 7.37. The maximum absolute atomic E-state index is 15.2. The SMILES string of the molecule is Cc1ccc2c3ccc(C)cc3n(-c3cc(C#N)cc(-n4c5cc(C)ccc5c5ccc(C)cc54)c3-c3ccc(C#N)cc3C(F)(F)F)c2c1. The van der Waals surface area contributed by atoms with Crippen molar-refractivity contribution in [1.29, 1.82) is 10.5 Å². The van der Waals surface area contributed by atoms with Gasteiger partial charge in [0.15, 0.2) is 0 Å². The summed E-state index contributed by atoms with van der Waals surface area (Å²) in [6.45, 7) is 7.93. The van der Waals surface area contributed by atoms with Gasteiger partial charge in [-0.25, -0.2) is 0 Å². The molecule has 2 heterocycles. The molecule has 0 unspecified atom stereocenters. The summed E-state index contributed by atoms with van der Waals surface area (Å²) in [6, 6.07) is 35.7. The van der Waals surface area contributed by atoms with Crippen LogP contribution in [0.1, 0.15) is 38.9 Å². The Kier molecular flexibility index (Phi) is 6.89. The predicted octanol–water partition coefficient (Wildman–Crippen LogP) is 11.5. The number of aryl methyl sites for hydroxylation is 4. The van der Waals surface area contributed by atoms with Gasteiger partial charge in [0.25, 0.3) is 0 Å². The number of aromatic nitrogens is 2. The molecule has 2 aromatic heterocycles. The second-order valence-electron chi connectivity index (χ2n) is 13.1. The summed E-state index contributed by atoms with van der Waals surface area (Å²) >= 11 is 0. The van der Waals surface area contributed by atoms with Gasteiger partial charge in [0.05, 0.1) is 62.3 Å². The Bertz CT molecular complexity index is 2550. The molecule has 4 nitrogen and oxygen atoms in total. The van der Waals surface area contributed by atoms with E-state index in [1.165, 1.54) is 12.1 Å². The second-order valence-corrected chi connectivity index (χ2v) is 13.1. The number of nitrogens with zero attached hydrogens (tertiary/aromatic N) is 4. The molecule has 0 amide bonds. The smallest absolute Gasteiger partial charge is 0.308 e. The molecule has 8 rings (SSSR count). The molecule has 0 aliphatic carbocycles. The number of hydrogen-bond donors (Lipinski definition) is 0. The summed E-state index contributed by atoms with van der Waals surface area (Å²) in [7, 11) is 0. The fourth-order valence-electron chi connectivity index (χ4n) is 7.37. The number of nitriles is 2. The largest absolute Gasteiger partial charge is 0.417 e. The van der Waals surface area contributed by atoms with Crippen LogP contribution in [-0.2, 0) is 6.18 Å². The first-order chi connectivity index (χ1) is 24.0. The molecule has 6 aromatic carbocycles. The van der Waals surface area contributed by atoms with Crippen LogP contribution in [0.2, 0.25) is 0 Å². The Morgan fingerprint density at radius 1 is 0.480 bits per heavy atom. The van der Waals surface area contributed by atoms with Gasteiger partial charge >= 0.3 is 6.18 Å². The number of alkyl halides is 3. The lowest BCUT2D eigenvalue weighted by molar-refractivity contribution is -0.137. The number of halogens is 3. The van der Waals surface area contributed by atoms with Crippen molar-refractivity contribution >= 4 is 43.6 Å². The van der Waals surface area contributed by atoms with Crippen LogP contribution >= 0.6 is 0 Å². The molecule has 0 saturated heterocycles. The van der Waals surface area contributed by atoms with Crippen LogP contribution < -0.4 is 0 Å². The van der Waals surface area contributed by atoms with Crippen molar-refractivity contribution in [2.24, 2.45) is 0 Å². The van der Waals surface area contributed by atoms with E-state index in [4.69, 9.17) is 0 Å². The van der Waals surface area contributed by atoms with E-state index in [1.807, 2.05) is 116 Å². The van der Waals surface area contributed by atoms with Crippen molar-refractivity contribution in [3.8, 4) is 34.6 Å². The van der Waals surface area contributed by atoms with Crippen LogP contribution in [-0.4, -0.2) is 9.13 Å². The van der Waals surface area contributed by atoms with E-state index in [0.29, 0.717) is 22.5 Å². The van der Waals surface area contributed by atoms with Gasteiger partial charge in [-0.1, -0.05) is 54.6 Å². The van der Waals surface area contributed by atoms with Crippen molar-refractivity contribution in [2.45, 2.75) is 33.9 Å². The summed E-state index contributed by atoms with van der Waals surface area (Å²) in [5.74, 6) is 0. The zero-order valence-corrected chi connectivity index (χ0v) is 27.7.